The average molecular weight is 135 g/mol. The first kappa shape index (κ1) is 10.8. The van der Waals surface area contributed by atoms with Gasteiger partial charge in [0.05, 0.1) is 7.82 Å². The second kappa shape index (κ2) is 3.79. The van der Waals surface area contributed by atoms with E-state index in [4.69, 9.17) is 14.4 Å². The molecular weight excluding hydrogens is 133 g/mol. The first-order chi connectivity index (χ1) is 2.56. The molecule has 0 fully saturated rings. The van der Waals surface area contributed by atoms with Crippen molar-refractivity contribution in [2.45, 2.75) is 0 Å². The Bertz CT molecular complexity index is 75.8. The standard InChI is InChI=1S/Mg.H4NO4P/c;1-5-6(2,3)4/h;1H2,(H2,2,3,4)/q+2;/p-2. The molecule has 0 aliphatic rings. The van der Waals surface area contributed by atoms with Crippen LogP contribution < -0.4 is 15.7 Å². The predicted molar refractivity (Wildman–Crippen MR) is 18.6 cm³/mol. The van der Waals surface area contributed by atoms with Gasteiger partial charge in [-0.1, -0.05) is 0 Å². The molecule has 0 atom stereocenters. The molecule has 0 saturated heterocycles. The summed E-state index contributed by atoms with van der Waals surface area (Å²) in [7, 11) is -4.87. The van der Waals surface area contributed by atoms with E-state index in [0.717, 1.165) is 0 Å². The summed E-state index contributed by atoms with van der Waals surface area (Å²) in [6.07, 6.45) is 0. The van der Waals surface area contributed by atoms with Crippen molar-refractivity contribution in [3.63, 3.8) is 0 Å². The van der Waals surface area contributed by atoms with E-state index in [2.05, 4.69) is 10.5 Å². The third kappa shape index (κ3) is 10.9. The van der Waals surface area contributed by atoms with Crippen LogP contribution in [0.1, 0.15) is 0 Å². The first-order valence-electron chi connectivity index (χ1n) is 0.966. The quantitative estimate of drug-likeness (QED) is 0.240. The van der Waals surface area contributed by atoms with E-state index in [0.29, 0.717) is 0 Å². The van der Waals surface area contributed by atoms with E-state index in [9.17, 15) is 0 Å². The molecule has 0 amide bonds. The smallest absolute Gasteiger partial charge is 0.788 e. The maximum absolute atomic E-state index is 9.12. The van der Waals surface area contributed by atoms with Crippen LogP contribution in [0, 0.1) is 0 Å². The molecule has 0 aromatic rings. The summed E-state index contributed by atoms with van der Waals surface area (Å²) in [6.45, 7) is 0. The Morgan fingerprint density at radius 1 is 1.57 bits per heavy atom. The van der Waals surface area contributed by atoms with Gasteiger partial charge in [-0.15, -0.1) is 0 Å². The first-order valence-corrected chi connectivity index (χ1v) is 2.43. The van der Waals surface area contributed by atoms with Crippen LogP contribution in [0.4, 0.5) is 0 Å². The van der Waals surface area contributed by atoms with E-state index < -0.39 is 7.82 Å². The molecule has 0 bridgehead atoms. The average Bonchev–Trinajstić information content (AvgIpc) is 1.35. The Balaban J connectivity index is 0. The Morgan fingerprint density at radius 3 is 1.71 bits per heavy atom. The molecule has 0 aliphatic carbocycles. The molecule has 0 heterocycles. The Kier molecular flexibility index (Phi) is 5.82. The molecule has 0 aromatic carbocycles. The summed E-state index contributed by atoms with van der Waals surface area (Å²) < 4.78 is 12.0. The van der Waals surface area contributed by atoms with Crippen LogP contribution in [-0.4, -0.2) is 23.1 Å². The number of hydrogen-bond acceptors (Lipinski definition) is 5. The molecular formula is H2MgNO4P. The summed E-state index contributed by atoms with van der Waals surface area (Å²) in [4.78, 5) is 18.2. The van der Waals surface area contributed by atoms with Crippen molar-refractivity contribution in [3.05, 3.63) is 0 Å². The van der Waals surface area contributed by atoms with Gasteiger partial charge in [0.25, 0.3) is 0 Å². The van der Waals surface area contributed by atoms with Gasteiger partial charge < -0.3 is 14.4 Å². The minimum absolute atomic E-state index is 0. The Morgan fingerprint density at radius 2 is 1.71 bits per heavy atom. The fraction of sp³-hybridized carbons (Fsp3) is 0. The minimum Gasteiger partial charge on any atom is -0.788 e. The molecule has 5 nitrogen and oxygen atoms in total. The summed E-state index contributed by atoms with van der Waals surface area (Å²) in [5.41, 5.74) is 0. The van der Waals surface area contributed by atoms with Crippen LogP contribution in [0.25, 0.3) is 0 Å². The number of nitrogens with two attached hydrogens (primary N) is 1. The number of hydrogen-bond donors (Lipinski definition) is 1. The van der Waals surface area contributed by atoms with Gasteiger partial charge in [-0.25, -0.2) is 5.90 Å². The zero-order chi connectivity index (χ0) is 5.21. The van der Waals surface area contributed by atoms with E-state index in [1.165, 1.54) is 0 Å². The molecule has 0 saturated carbocycles. The van der Waals surface area contributed by atoms with Crippen molar-refractivity contribution in [3.8, 4) is 0 Å². The molecule has 0 aromatic heterocycles. The Labute approximate surface area is 56.2 Å². The molecule has 0 rings (SSSR count). The molecule has 38 valence electrons. The van der Waals surface area contributed by atoms with E-state index >= 15 is 0 Å². The van der Waals surface area contributed by atoms with Gasteiger partial charge >= 0.3 is 23.1 Å². The SMILES string of the molecule is NOP(=O)([O-])[O-].[Mg+2]. The largest absolute Gasteiger partial charge is 2.00 e. The van der Waals surface area contributed by atoms with E-state index in [-0.39, 0.29) is 23.1 Å². The van der Waals surface area contributed by atoms with Crippen molar-refractivity contribution >= 4 is 30.9 Å². The van der Waals surface area contributed by atoms with Crippen LogP contribution in [-0.2, 0) is 9.19 Å². The van der Waals surface area contributed by atoms with Crippen molar-refractivity contribution < 1.29 is 19.0 Å². The Hall–Kier alpha value is 0.836. The fourth-order valence-electron chi connectivity index (χ4n) is 0. The summed E-state index contributed by atoms with van der Waals surface area (Å²) in [5.74, 6) is 3.92. The third-order valence-electron chi connectivity index (χ3n) is 0.129. The van der Waals surface area contributed by atoms with Crippen LogP contribution >= 0.6 is 7.82 Å². The predicted octanol–water partition coefficient (Wildman–Crippen LogP) is -2.68. The topological polar surface area (TPSA) is 98.4 Å². The van der Waals surface area contributed by atoms with Gasteiger partial charge in [-0.2, -0.15) is 0 Å². The van der Waals surface area contributed by atoms with Gasteiger partial charge in [-0.3, -0.25) is 4.62 Å². The molecule has 2 N–H and O–H groups in total. The summed E-state index contributed by atoms with van der Waals surface area (Å²) >= 11 is 0. The minimum atomic E-state index is -4.87. The molecule has 0 unspecified atom stereocenters. The third-order valence-corrected chi connectivity index (χ3v) is 0.387. The summed E-state index contributed by atoms with van der Waals surface area (Å²) in [5, 5.41) is 0. The van der Waals surface area contributed by atoms with E-state index in [1.54, 1.807) is 0 Å². The normalized spacial score (nSPS) is 10.1. The maximum Gasteiger partial charge on any atom is 2.00 e. The molecule has 0 radical (unpaired) electrons. The van der Waals surface area contributed by atoms with Gasteiger partial charge in [-0.05, 0) is 0 Å². The monoisotopic (exact) mass is 135 g/mol. The van der Waals surface area contributed by atoms with Crippen LogP contribution in [0.2, 0.25) is 0 Å². The second-order valence-corrected chi connectivity index (χ2v) is 1.66. The van der Waals surface area contributed by atoms with Crippen molar-refractivity contribution in [2.24, 2.45) is 5.90 Å². The van der Waals surface area contributed by atoms with Crippen LogP contribution in [0.3, 0.4) is 0 Å². The van der Waals surface area contributed by atoms with Crippen LogP contribution in [0.15, 0.2) is 0 Å². The molecule has 7 heavy (non-hydrogen) atoms. The van der Waals surface area contributed by atoms with Crippen molar-refractivity contribution in [2.75, 3.05) is 0 Å². The van der Waals surface area contributed by atoms with Crippen molar-refractivity contribution in [1.29, 1.82) is 0 Å². The van der Waals surface area contributed by atoms with Crippen molar-refractivity contribution in [1.82, 2.24) is 0 Å². The van der Waals surface area contributed by atoms with Gasteiger partial charge in [0, 0.05) is 0 Å². The maximum atomic E-state index is 9.12. The molecule has 7 heteroatoms. The van der Waals surface area contributed by atoms with Gasteiger partial charge in [0.1, 0.15) is 0 Å². The fourth-order valence-corrected chi connectivity index (χ4v) is 0. The molecule has 0 aliphatic heterocycles. The van der Waals surface area contributed by atoms with Gasteiger partial charge in [0.2, 0.25) is 0 Å². The van der Waals surface area contributed by atoms with Gasteiger partial charge in [0.15, 0.2) is 0 Å². The summed E-state index contributed by atoms with van der Waals surface area (Å²) in [6, 6.07) is 0. The number of rotatable bonds is 1. The zero-order valence-electron chi connectivity index (χ0n) is 3.36. The zero-order valence-corrected chi connectivity index (χ0v) is 5.67. The van der Waals surface area contributed by atoms with Crippen LogP contribution in [0.5, 0.6) is 0 Å². The second-order valence-electron chi connectivity index (χ2n) is 0.553. The number of phosphoric acid groups is 1. The van der Waals surface area contributed by atoms with E-state index in [1.807, 2.05) is 0 Å². The molecule has 0 spiro atoms.